The first kappa shape index (κ1) is 72.5. The Bertz CT molecular complexity index is 3890. The van der Waals surface area contributed by atoms with Crippen LogP contribution in [0.15, 0.2) is 116 Å². The van der Waals surface area contributed by atoms with Crippen LogP contribution in [0.1, 0.15) is 81.2 Å². The summed E-state index contributed by atoms with van der Waals surface area (Å²) in [5.74, 6) is 0.340. The van der Waals surface area contributed by atoms with Gasteiger partial charge in [0.05, 0.1) is 72.6 Å². The van der Waals surface area contributed by atoms with E-state index in [1.165, 1.54) is 6.20 Å². The molecule has 0 saturated carbocycles. The maximum atomic E-state index is 12.7. The van der Waals surface area contributed by atoms with E-state index in [1.54, 1.807) is 60.3 Å². The molecule has 1 amide bonds. The van der Waals surface area contributed by atoms with Crippen LogP contribution >= 0.6 is 46.4 Å². The van der Waals surface area contributed by atoms with Crippen molar-refractivity contribution in [1.82, 2.24) is 55.0 Å². The largest absolute Gasteiger partial charge is 1.00 e. The van der Waals surface area contributed by atoms with Crippen molar-refractivity contribution < 1.29 is 149 Å². The Morgan fingerprint density at radius 2 is 1.14 bits per heavy atom. The predicted molar refractivity (Wildman–Crippen MR) is 321 cm³/mol. The number of rotatable bonds is 13. The smallest absolute Gasteiger partial charge is 1.00 e. The number of aromatic nitrogens is 10. The summed E-state index contributed by atoms with van der Waals surface area (Å²) in [6.07, 6.45) is 9.45. The molecule has 10 N–H and O–H groups in total. The average Bonchev–Trinajstić information content (AvgIpc) is 4.33. The van der Waals surface area contributed by atoms with Crippen molar-refractivity contribution in [3.05, 3.63) is 181 Å². The van der Waals surface area contributed by atoms with Gasteiger partial charge >= 0.3 is 115 Å². The Labute approximate surface area is 601 Å². The molecule has 0 fully saturated rings. The molecule has 0 bridgehead atoms. The number of benzene rings is 3. The second kappa shape index (κ2) is 37.7. The SMILES string of the molecule is CCOC(=O)c1cn(Cc2ccc3ncc(Cl)cc3c2)nc1N.CCOC(=O)c1cn[nH]c1N.Cc1cc(N)nc(C)c1CNC(=O)c1cn(Cc2ccc3ncc(Cl)cc3c2)nc1N.ClCc1ccc2ncc(Cl)cc2c1.O=CO[O-].[2H]CF.[H-].[K+].[K+]. The van der Waals surface area contributed by atoms with Gasteiger partial charge in [0.2, 0.25) is 0 Å². The van der Waals surface area contributed by atoms with Crippen LogP contribution in [0.5, 0.6) is 0 Å². The molecule has 10 aromatic rings. The number of halogens is 5. The standard InChI is InChI=1S/C22H22ClN7O.C16H15ClN4O2.C10H7Cl2N.C6H9N3O2.CH3F.CH2O3.2K.H/c1-12-5-20(24)28-13(2)17(12)9-27-22(31)18-11-30(29-21(18)25)10-14-3-4-19-15(6-14)7-16(23)8-26-19;1-2-23-16(22)13-9-21(20-15(13)18)8-10-3-4-14-11(5-10)6-12(17)7-19-14;11-5-7-1-2-10-8(3-7)4-9(12)6-13-10;1-2-11-6(10)4-3-8-9-5(4)7;1-2;2-1-4-3;;;/h3-8,11H,9-10H2,1-2H3,(H2,24,28)(H2,25,29)(H,27,31);3-7,9H,2,8H2,1H3,(H2,18,20);1-4,6H,5H2;3H,2H2,1H3,(H3,7,8,9);1H3;1,3H;;;/q;;;;;;2*+1;-1/p-1/i;;;;1D;;;;. The van der Waals surface area contributed by atoms with Gasteiger partial charge in [0, 0.05) is 65.3 Å². The summed E-state index contributed by atoms with van der Waals surface area (Å²) in [5, 5.41) is 30.5. The summed E-state index contributed by atoms with van der Waals surface area (Å²) >= 11 is 23.5. The van der Waals surface area contributed by atoms with E-state index in [4.69, 9.17) is 85.5 Å². The Morgan fingerprint density at radius 3 is 1.56 bits per heavy atom. The van der Waals surface area contributed by atoms with Gasteiger partial charge in [-0.15, -0.1) is 11.6 Å². The van der Waals surface area contributed by atoms with Crippen LogP contribution in [0.4, 0.5) is 27.7 Å². The number of anilines is 4. The monoisotopic (exact) mass is 1310 g/mol. The van der Waals surface area contributed by atoms with Gasteiger partial charge in [0.25, 0.3) is 12.4 Å². The number of esters is 2. The van der Waals surface area contributed by atoms with Gasteiger partial charge in [-0.1, -0.05) is 53.0 Å². The Morgan fingerprint density at radius 1 is 0.709 bits per heavy atom. The number of nitrogens with zero attached hydrogens (tertiary/aromatic N) is 9. The number of hydrogen-bond acceptors (Lipinski definition) is 19. The average molecular weight is 1310 g/mol. The first-order valence-electron chi connectivity index (χ1n) is 25.5. The maximum Gasteiger partial charge on any atom is 1.00 e. The molecule has 0 aliphatic heterocycles. The van der Waals surface area contributed by atoms with Crippen LogP contribution in [0.25, 0.3) is 32.7 Å². The molecule has 7 heterocycles. The number of amides is 1. The summed E-state index contributed by atoms with van der Waals surface area (Å²) in [5.41, 5.74) is 32.2. The number of H-pyrrole nitrogens is 1. The first-order chi connectivity index (χ1) is 40.7. The van der Waals surface area contributed by atoms with Crippen molar-refractivity contribution >= 4 is 127 Å². The van der Waals surface area contributed by atoms with Crippen molar-refractivity contribution in [2.75, 3.05) is 43.3 Å². The molecule has 23 nitrogen and oxygen atoms in total. The molecule has 0 aliphatic carbocycles. The molecular weight excluding hydrogens is 1250 g/mol. The zero-order valence-corrected chi connectivity index (χ0v) is 56.8. The molecule has 0 aliphatic rings. The molecule has 7 aromatic heterocycles. The van der Waals surface area contributed by atoms with E-state index in [-0.39, 0.29) is 145 Å². The third kappa shape index (κ3) is 22.3. The van der Waals surface area contributed by atoms with Gasteiger partial charge in [-0.25, -0.2) is 14.6 Å². The minimum atomic E-state index is -1.00. The van der Waals surface area contributed by atoms with Crippen LogP contribution < -0.4 is 136 Å². The molecule has 0 saturated heterocycles. The predicted octanol–water partition coefficient (Wildman–Crippen LogP) is 3.07. The van der Waals surface area contributed by atoms with Crippen molar-refractivity contribution in [3.63, 3.8) is 0 Å². The molecule has 0 radical (unpaired) electrons. The molecular formula is C56H58Cl4FK2N15O8. The number of alkyl halides is 2. The number of carbonyl (C=O) groups excluding carboxylic acids is 4. The molecule has 3 aromatic carbocycles. The van der Waals surface area contributed by atoms with Crippen molar-refractivity contribution in [1.29, 1.82) is 0 Å². The van der Waals surface area contributed by atoms with Crippen molar-refractivity contribution in [2.24, 2.45) is 0 Å². The number of hydrogen-bond donors (Lipinski definition) is 6. The van der Waals surface area contributed by atoms with Gasteiger partial charge in [0.15, 0.2) is 11.6 Å². The van der Waals surface area contributed by atoms with E-state index in [0.29, 0.717) is 65.2 Å². The number of aryl methyl sites for hydroxylation is 2. The zero-order valence-electron chi connectivity index (χ0n) is 49.5. The second-order valence-electron chi connectivity index (χ2n) is 17.4. The van der Waals surface area contributed by atoms with E-state index in [1.807, 2.05) is 86.6 Å². The number of nitrogen functional groups attached to an aromatic ring is 4. The van der Waals surface area contributed by atoms with Crippen LogP contribution in [0.2, 0.25) is 15.1 Å². The van der Waals surface area contributed by atoms with Crippen LogP contribution in [0.3, 0.4) is 0 Å². The molecule has 0 atom stereocenters. The molecule has 10 rings (SSSR count). The number of fused-ring (bicyclic) bond motifs is 3. The molecule has 0 spiro atoms. The van der Waals surface area contributed by atoms with E-state index in [0.717, 1.165) is 66.2 Å². The van der Waals surface area contributed by atoms with Gasteiger partial charge in [-0.05, 0) is 116 Å². The van der Waals surface area contributed by atoms with Crippen molar-refractivity contribution in [2.45, 2.75) is 53.2 Å². The van der Waals surface area contributed by atoms with E-state index >= 15 is 0 Å². The van der Waals surface area contributed by atoms with Crippen LogP contribution in [-0.4, -0.2) is 94.4 Å². The van der Waals surface area contributed by atoms with Gasteiger partial charge in [0.1, 0.15) is 28.3 Å². The van der Waals surface area contributed by atoms with E-state index in [2.05, 4.69) is 55.3 Å². The molecule has 0 unspecified atom stereocenters. The fourth-order valence-corrected chi connectivity index (χ4v) is 8.44. The second-order valence-corrected chi connectivity index (χ2v) is 18.9. The van der Waals surface area contributed by atoms with Gasteiger partial charge < -0.3 is 49.3 Å². The fraction of sp³-hybridized carbons (Fsp3) is 0.196. The number of pyridine rings is 4. The molecule has 442 valence electrons. The van der Waals surface area contributed by atoms with Crippen LogP contribution in [0, 0.1) is 13.8 Å². The van der Waals surface area contributed by atoms with Gasteiger partial charge in [-0.2, -0.15) is 15.3 Å². The number of aromatic amines is 1. The molecule has 86 heavy (non-hydrogen) atoms. The Balaban J connectivity index is 0.000000406. The summed E-state index contributed by atoms with van der Waals surface area (Å²) in [7, 11) is -1.00. The minimum Gasteiger partial charge on any atom is -1.00 e. The topological polar surface area (TPSA) is 351 Å². The number of ether oxygens (including phenoxy) is 2. The van der Waals surface area contributed by atoms with E-state index < -0.39 is 19.1 Å². The van der Waals surface area contributed by atoms with Crippen molar-refractivity contribution in [3.8, 4) is 0 Å². The van der Waals surface area contributed by atoms with Crippen LogP contribution in [-0.2, 0) is 44.7 Å². The first-order valence-corrected chi connectivity index (χ1v) is 26.5. The third-order valence-corrected chi connectivity index (χ3v) is 12.4. The summed E-state index contributed by atoms with van der Waals surface area (Å²) in [6.45, 7) is 8.99. The minimum absolute atomic E-state index is 0. The fourth-order valence-electron chi connectivity index (χ4n) is 7.78. The number of carbonyl (C=O) groups is 4. The number of nitrogens with two attached hydrogens (primary N) is 4. The van der Waals surface area contributed by atoms with Gasteiger partial charge in [-0.3, -0.25) is 43.4 Å². The summed E-state index contributed by atoms with van der Waals surface area (Å²) in [4.78, 5) is 63.7. The summed E-state index contributed by atoms with van der Waals surface area (Å²) < 4.78 is 28.4. The maximum absolute atomic E-state index is 12.7. The zero-order chi connectivity index (χ0) is 62.2. The number of nitrogens with one attached hydrogen (secondary N) is 2. The summed E-state index contributed by atoms with van der Waals surface area (Å²) in [6, 6.07) is 25.0. The third-order valence-electron chi connectivity index (χ3n) is 11.5. The normalized spacial score (nSPS) is 10.2. The van der Waals surface area contributed by atoms with E-state index in [9.17, 15) is 18.8 Å². The molecule has 30 heteroatoms. The Kier molecular flexibility index (Phi) is 31.8. The quantitative estimate of drug-likeness (QED) is 0.0241. The Hall–Kier alpha value is -5.93.